The number of ether oxygens (including phenoxy) is 3. The van der Waals surface area contributed by atoms with Crippen molar-refractivity contribution in [2.24, 2.45) is 5.92 Å². The monoisotopic (exact) mass is 416 g/mol. The van der Waals surface area contributed by atoms with Gasteiger partial charge in [0.2, 0.25) is 0 Å². The molecule has 30 heavy (non-hydrogen) atoms. The van der Waals surface area contributed by atoms with Crippen LogP contribution < -0.4 is 20.1 Å². The Kier molecular flexibility index (Phi) is 7.70. The van der Waals surface area contributed by atoms with Crippen LogP contribution in [0.4, 0.5) is 4.79 Å². The van der Waals surface area contributed by atoms with Crippen LogP contribution in [0.2, 0.25) is 0 Å². The minimum Gasteiger partial charge on any atom is -0.490 e. The van der Waals surface area contributed by atoms with Gasteiger partial charge in [-0.25, -0.2) is 9.59 Å². The number of carbonyl (C=O) groups excluding carboxylic acids is 3. The fourth-order valence-corrected chi connectivity index (χ4v) is 3.53. The SMILES string of the molecule is C[C@H]1CCCC[C@H]1NC(=O)NC(=O)COC(=O)/C=C/c1ccc2c(c1)OCCCO2. The molecule has 2 atom stereocenters. The highest BCUT2D eigenvalue weighted by atomic mass is 16.5. The van der Waals surface area contributed by atoms with Crippen LogP contribution in [0.25, 0.3) is 6.08 Å². The number of rotatable bonds is 5. The van der Waals surface area contributed by atoms with Crippen LogP contribution in [0.5, 0.6) is 11.5 Å². The zero-order chi connectivity index (χ0) is 21.3. The molecule has 2 N–H and O–H groups in total. The lowest BCUT2D eigenvalue weighted by Crippen LogP contribution is -2.48. The summed E-state index contributed by atoms with van der Waals surface area (Å²) in [6, 6.07) is 4.85. The smallest absolute Gasteiger partial charge is 0.331 e. The third kappa shape index (κ3) is 6.50. The second-order valence-electron chi connectivity index (χ2n) is 7.59. The van der Waals surface area contributed by atoms with E-state index in [9.17, 15) is 14.4 Å². The molecule has 1 fully saturated rings. The fourth-order valence-electron chi connectivity index (χ4n) is 3.53. The first kappa shape index (κ1) is 21.7. The molecule has 1 heterocycles. The Morgan fingerprint density at radius 3 is 2.67 bits per heavy atom. The van der Waals surface area contributed by atoms with Crippen molar-refractivity contribution in [2.75, 3.05) is 19.8 Å². The van der Waals surface area contributed by atoms with E-state index in [-0.39, 0.29) is 6.04 Å². The number of amides is 3. The molecule has 1 aromatic rings. The van der Waals surface area contributed by atoms with E-state index in [0.717, 1.165) is 37.7 Å². The van der Waals surface area contributed by atoms with Crippen LogP contribution >= 0.6 is 0 Å². The molecule has 1 aliphatic carbocycles. The van der Waals surface area contributed by atoms with Crippen molar-refractivity contribution < 1.29 is 28.6 Å². The van der Waals surface area contributed by atoms with E-state index in [1.54, 1.807) is 24.3 Å². The maximum absolute atomic E-state index is 11.9. The molecule has 1 aromatic carbocycles. The molecular formula is C22H28N2O6. The molecular weight excluding hydrogens is 388 g/mol. The lowest BCUT2D eigenvalue weighted by atomic mass is 9.86. The number of carbonyl (C=O) groups is 3. The van der Waals surface area contributed by atoms with Crippen molar-refractivity contribution in [2.45, 2.75) is 45.1 Å². The Bertz CT molecular complexity index is 807. The van der Waals surface area contributed by atoms with Crippen molar-refractivity contribution in [1.82, 2.24) is 10.6 Å². The molecule has 1 aliphatic heterocycles. The molecule has 0 unspecified atom stereocenters. The molecule has 3 rings (SSSR count). The first-order valence-electron chi connectivity index (χ1n) is 10.4. The minimum atomic E-state index is -0.682. The Morgan fingerprint density at radius 1 is 1.10 bits per heavy atom. The van der Waals surface area contributed by atoms with Crippen LogP contribution in [-0.4, -0.2) is 43.8 Å². The highest BCUT2D eigenvalue weighted by molar-refractivity contribution is 5.96. The lowest BCUT2D eigenvalue weighted by molar-refractivity contribution is -0.143. The summed E-state index contributed by atoms with van der Waals surface area (Å²) in [5.41, 5.74) is 0.738. The van der Waals surface area contributed by atoms with Gasteiger partial charge in [-0.15, -0.1) is 0 Å². The highest BCUT2D eigenvalue weighted by Gasteiger charge is 2.23. The van der Waals surface area contributed by atoms with E-state index in [2.05, 4.69) is 17.6 Å². The van der Waals surface area contributed by atoms with Gasteiger partial charge in [0, 0.05) is 18.5 Å². The molecule has 0 spiro atoms. The Morgan fingerprint density at radius 2 is 1.87 bits per heavy atom. The Balaban J connectivity index is 1.41. The van der Waals surface area contributed by atoms with Crippen molar-refractivity contribution in [3.8, 4) is 11.5 Å². The zero-order valence-corrected chi connectivity index (χ0v) is 17.1. The molecule has 0 bridgehead atoms. The predicted molar refractivity (Wildman–Crippen MR) is 110 cm³/mol. The van der Waals surface area contributed by atoms with Gasteiger partial charge in [0.15, 0.2) is 18.1 Å². The summed E-state index contributed by atoms with van der Waals surface area (Å²) < 4.78 is 16.1. The summed E-state index contributed by atoms with van der Waals surface area (Å²) in [7, 11) is 0. The third-order valence-corrected chi connectivity index (χ3v) is 5.21. The predicted octanol–water partition coefficient (Wildman–Crippen LogP) is 2.81. The second kappa shape index (κ2) is 10.7. The van der Waals surface area contributed by atoms with Gasteiger partial charge in [0.25, 0.3) is 5.91 Å². The van der Waals surface area contributed by atoms with E-state index in [0.29, 0.717) is 30.6 Å². The van der Waals surface area contributed by atoms with Gasteiger partial charge < -0.3 is 19.5 Å². The first-order chi connectivity index (χ1) is 14.5. The van der Waals surface area contributed by atoms with Gasteiger partial charge in [-0.05, 0) is 42.5 Å². The summed E-state index contributed by atoms with van der Waals surface area (Å²) >= 11 is 0. The number of urea groups is 1. The molecule has 3 amide bonds. The lowest BCUT2D eigenvalue weighted by Gasteiger charge is -2.29. The quantitative estimate of drug-likeness (QED) is 0.565. The van der Waals surface area contributed by atoms with Crippen LogP contribution in [0, 0.1) is 5.92 Å². The minimum absolute atomic E-state index is 0.0623. The van der Waals surface area contributed by atoms with Crippen molar-refractivity contribution in [3.63, 3.8) is 0 Å². The summed E-state index contributed by atoms with van der Waals surface area (Å²) in [5.74, 6) is 0.324. The Labute approximate surface area is 175 Å². The largest absolute Gasteiger partial charge is 0.490 e. The standard InChI is InChI=1S/C22H28N2O6/c1-15-5-2-3-6-17(15)23-22(27)24-20(25)14-30-21(26)10-8-16-7-9-18-19(13-16)29-12-4-11-28-18/h7-10,13,15,17H,2-6,11-12,14H2,1H3,(H2,23,24,25,27)/b10-8+/t15-,17+/m0/s1. The molecule has 162 valence electrons. The molecule has 0 saturated heterocycles. The summed E-state index contributed by atoms with van der Waals surface area (Å²) in [4.78, 5) is 35.7. The van der Waals surface area contributed by atoms with Crippen molar-refractivity contribution in [3.05, 3.63) is 29.8 Å². The van der Waals surface area contributed by atoms with E-state index >= 15 is 0 Å². The molecule has 8 nitrogen and oxygen atoms in total. The first-order valence-corrected chi connectivity index (χ1v) is 10.4. The topological polar surface area (TPSA) is 103 Å². The number of esters is 1. The Hall–Kier alpha value is -3.03. The van der Waals surface area contributed by atoms with Gasteiger partial charge in [-0.2, -0.15) is 0 Å². The second-order valence-corrected chi connectivity index (χ2v) is 7.59. The summed E-state index contributed by atoms with van der Waals surface area (Å²) in [6.45, 7) is 2.74. The molecule has 0 radical (unpaired) electrons. The average molecular weight is 416 g/mol. The maximum Gasteiger partial charge on any atom is 0.331 e. The molecule has 1 saturated carbocycles. The van der Waals surface area contributed by atoms with Gasteiger partial charge in [-0.1, -0.05) is 25.8 Å². The van der Waals surface area contributed by atoms with Crippen LogP contribution in [0.15, 0.2) is 24.3 Å². The van der Waals surface area contributed by atoms with E-state index in [1.165, 1.54) is 6.08 Å². The highest BCUT2D eigenvalue weighted by Crippen LogP contribution is 2.30. The number of imide groups is 1. The molecule has 8 heteroatoms. The summed E-state index contributed by atoms with van der Waals surface area (Å²) in [5, 5.41) is 5.01. The van der Waals surface area contributed by atoms with E-state index in [1.807, 2.05) is 0 Å². The third-order valence-electron chi connectivity index (χ3n) is 5.21. The number of hydrogen-bond donors (Lipinski definition) is 2. The van der Waals surface area contributed by atoms with Crippen molar-refractivity contribution in [1.29, 1.82) is 0 Å². The molecule has 0 aromatic heterocycles. The van der Waals surface area contributed by atoms with Crippen LogP contribution in [0.1, 0.15) is 44.6 Å². The maximum atomic E-state index is 11.9. The van der Waals surface area contributed by atoms with Gasteiger partial charge >= 0.3 is 12.0 Å². The van der Waals surface area contributed by atoms with Crippen LogP contribution in [-0.2, 0) is 14.3 Å². The average Bonchev–Trinajstić information content (AvgIpc) is 2.97. The number of benzene rings is 1. The number of nitrogens with one attached hydrogen (secondary N) is 2. The van der Waals surface area contributed by atoms with Gasteiger partial charge in [0.1, 0.15) is 0 Å². The van der Waals surface area contributed by atoms with Gasteiger partial charge in [0.05, 0.1) is 13.2 Å². The fraction of sp³-hybridized carbons (Fsp3) is 0.500. The van der Waals surface area contributed by atoms with E-state index in [4.69, 9.17) is 14.2 Å². The summed E-state index contributed by atoms with van der Waals surface area (Å²) in [6.07, 6.45) is 7.79. The van der Waals surface area contributed by atoms with Gasteiger partial charge in [-0.3, -0.25) is 10.1 Å². The number of fused-ring (bicyclic) bond motifs is 1. The number of hydrogen-bond acceptors (Lipinski definition) is 6. The van der Waals surface area contributed by atoms with Crippen molar-refractivity contribution >= 4 is 24.0 Å². The van der Waals surface area contributed by atoms with Crippen LogP contribution in [0.3, 0.4) is 0 Å². The normalized spacial score (nSPS) is 20.8. The van der Waals surface area contributed by atoms with E-state index < -0.39 is 24.5 Å². The zero-order valence-electron chi connectivity index (χ0n) is 17.1. The molecule has 2 aliphatic rings.